The van der Waals surface area contributed by atoms with Crippen LogP contribution in [0.2, 0.25) is 0 Å². The number of hydrogen-bond donors (Lipinski definition) is 4. The van der Waals surface area contributed by atoms with Gasteiger partial charge in [-0.15, -0.1) is 0 Å². The Morgan fingerprint density at radius 2 is 2.03 bits per heavy atom. The highest BCUT2D eigenvalue weighted by atomic mass is 16.5. The van der Waals surface area contributed by atoms with E-state index in [4.69, 9.17) is 22.0 Å². The van der Waals surface area contributed by atoms with Crippen molar-refractivity contribution in [2.24, 2.45) is 17.4 Å². The number of nitrogens with two attached hydrogens (primary N) is 3. The molecule has 7 N–H and O–H groups in total. The topological polar surface area (TPSA) is 164 Å². The predicted molar refractivity (Wildman–Crippen MR) is 113 cm³/mol. The minimum atomic E-state index is -0.597. The van der Waals surface area contributed by atoms with Gasteiger partial charge in [0, 0.05) is 31.7 Å². The normalized spacial score (nSPS) is 19.8. The number of anilines is 1. The van der Waals surface area contributed by atoms with Crippen LogP contribution in [0.5, 0.6) is 5.75 Å². The Labute approximate surface area is 172 Å². The lowest BCUT2D eigenvalue weighted by molar-refractivity contribution is 0.247. The molecular weight excluding hydrogens is 390 g/mol. The van der Waals surface area contributed by atoms with Gasteiger partial charge < -0.3 is 32.3 Å². The number of benzene rings is 1. The second kappa shape index (κ2) is 7.56. The molecule has 1 aromatic carbocycles. The molecule has 1 aliphatic heterocycles. The molecule has 1 saturated heterocycles. The van der Waals surface area contributed by atoms with Crippen LogP contribution in [0, 0.1) is 5.92 Å². The molecule has 1 aromatic heterocycles. The van der Waals surface area contributed by atoms with Gasteiger partial charge in [-0.1, -0.05) is 0 Å². The molecule has 2 aliphatic rings. The van der Waals surface area contributed by atoms with Gasteiger partial charge in [0.2, 0.25) is 0 Å². The van der Waals surface area contributed by atoms with Crippen LogP contribution in [0.1, 0.15) is 25.3 Å². The predicted octanol–water partition coefficient (Wildman–Crippen LogP) is -0.958. The van der Waals surface area contributed by atoms with Crippen LogP contribution in [-0.2, 0) is 0 Å². The number of fused-ring (bicyclic) bond motifs is 1. The monoisotopic (exact) mass is 417 g/mol. The summed E-state index contributed by atoms with van der Waals surface area (Å²) >= 11 is 0. The average Bonchev–Trinajstić information content (AvgIpc) is 3.44. The first-order valence-corrected chi connectivity index (χ1v) is 10.0. The van der Waals surface area contributed by atoms with Gasteiger partial charge in [-0.05, 0) is 37.3 Å². The van der Waals surface area contributed by atoms with Gasteiger partial charge in [-0.25, -0.2) is 9.59 Å². The summed E-state index contributed by atoms with van der Waals surface area (Å²) in [5, 5.41) is 2.90. The highest BCUT2D eigenvalue weighted by Crippen LogP contribution is 2.42. The maximum absolute atomic E-state index is 12.7. The largest absolute Gasteiger partial charge is 0.492 e. The van der Waals surface area contributed by atoms with E-state index in [1.54, 1.807) is 10.6 Å². The summed E-state index contributed by atoms with van der Waals surface area (Å²) in [5.74, 6) is 6.37. The van der Waals surface area contributed by atoms with Gasteiger partial charge in [-0.2, -0.15) is 4.68 Å². The van der Waals surface area contributed by atoms with Gasteiger partial charge in [0.15, 0.2) is 5.75 Å². The fraction of sp³-hybridized carbons (Fsp3) is 0.526. The first-order valence-electron chi connectivity index (χ1n) is 10.0. The zero-order valence-corrected chi connectivity index (χ0v) is 16.8. The molecule has 2 atom stereocenters. The molecule has 2 aromatic rings. The number of carbonyl (C=O) groups is 1. The summed E-state index contributed by atoms with van der Waals surface area (Å²) in [6.45, 7) is 1.70. The molecule has 0 spiro atoms. The third-order valence-electron chi connectivity index (χ3n) is 6.01. The molecule has 1 aliphatic carbocycles. The Kier molecular flexibility index (Phi) is 5.06. The summed E-state index contributed by atoms with van der Waals surface area (Å²) in [5.41, 5.74) is 11.6. The van der Waals surface area contributed by atoms with Crippen LogP contribution in [0.25, 0.3) is 10.9 Å². The Morgan fingerprint density at radius 1 is 1.30 bits per heavy atom. The van der Waals surface area contributed by atoms with Crippen LogP contribution in [0.15, 0.2) is 21.7 Å². The van der Waals surface area contributed by atoms with Crippen molar-refractivity contribution >= 4 is 22.6 Å². The summed E-state index contributed by atoms with van der Waals surface area (Å²) in [6, 6.07) is 2.70. The molecular formula is C19H27N7O4. The van der Waals surface area contributed by atoms with Crippen molar-refractivity contribution < 1.29 is 9.53 Å². The summed E-state index contributed by atoms with van der Waals surface area (Å²) < 4.78 is 7.96. The van der Waals surface area contributed by atoms with E-state index in [2.05, 4.69) is 10.2 Å². The quantitative estimate of drug-likeness (QED) is 0.440. The van der Waals surface area contributed by atoms with Crippen molar-refractivity contribution in [3.8, 4) is 5.75 Å². The molecule has 11 nitrogen and oxygen atoms in total. The highest BCUT2D eigenvalue weighted by Gasteiger charge is 2.33. The standard InChI is InChI=1S/C19H27N7O4/c1-30-16-14(24-7-6-10(9-24)13(20)8-23-18(21)28)5-4-12-15(16)25(11-2-3-11)19(29)26(22)17(12)27/h4-5,10-11,13H,2-3,6-9,20,22H2,1H3,(H3,21,23,28)/t10-,13+/m1/s1. The Bertz CT molecular complexity index is 1100. The highest BCUT2D eigenvalue weighted by molar-refractivity contribution is 5.90. The number of rotatable bonds is 6. The van der Waals surface area contributed by atoms with Crippen molar-refractivity contribution in [1.82, 2.24) is 14.6 Å². The summed E-state index contributed by atoms with van der Waals surface area (Å²) in [6.07, 6.45) is 2.55. The number of primary amides is 1. The van der Waals surface area contributed by atoms with Crippen LogP contribution in [0.3, 0.4) is 0 Å². The summed E-state index contributed by atoms with van der Waals surface area (Å²) in [4.78, 5) is 38.4. The molecule has 162 valence electrons. The van der Waals surface area contributed by atoms with E-state index in [1.165, 1.54) is 7.11 Å². The molecule has 2 heterocycles. The molecule has 11 heteroatoms. The minimum absolute atomic E-state index is 0.0131. The minimum Gasteiger partial charge on any atom is -0.492 e. The van der Waals surface area contributed by atoms with E-state index in [0.29, 0.717) is 34.4 Å². The number of methoxy groups -OCH3 is 1. The number of nitrogens with one attached hydrogen (secondary N) is 1. The number of amides is 2. The number of carbonyl (C=O) groups excluding carboxylic acids is 1. The van der Waals surface area contributed by atoms with Crippen LogP contribution >= 0.6 is 0 Å². The Hall–Kier alpha value is -3.21. The molecule has 30 heavy (non-hydrogen) atoms. The van der Waals surface area contributed by atoms with E-state index in [1.807, 2.05) is 6.07 Å². The second-order valence-corrected chi connectivity index (χ2v) is 7.98. The Balaban J connectivity index is 1.73. The maximum atomic E-state index is 12.7. The smallest absolute Gasteiger partial charge is 0.350 e. The van der Waals surface area contributed by atoms with Crippen molar-refractivity contribution in [2.75, 3.05) is 37.5 Å². The molecule has 0 radical (unpaired) electrons. The zero-order chi connectivity index (χ0) is 21.6. The van der Waals surface area contributed by atoms with Crippen LogP contribution in [0.4, 0.5) is 10.5 Å². The number of aromatic nitrogens is 2. The number of urea groups is 1. The van der Waals surface area contributed by atoms with Gasteiger partial charge >= 0.3 is 11.7 Å². The molecule has 4 rings (SSSR count). The zero-order valence-electron chi connectivity index (χ0n) is 16.8. The van der Waals surface area contributed by atoms with E-state index >= 15 is 0 Å². The lowest BCUT2D eigenvalue weighted by Gasteiger charge is -2.25. The van der Waals surface area contributed by atoms with E-state index in [9.17, 15) is 14.4 Å². The van der Waals surface area contributed by atoms with E-state index in [0.717, 1.165) is 31.5 Å². The first-order chi connectivity index (χ1) is 14.3. The van der Waals surface area contributed by atoms with Crippen molar-refractivity contribution in [3.05, 3.63) is 33.0 Å². The van der Waals surface area contributed by atoms with Crippen molar-refractivity contribution in [3.63, 3.8) is 0 Å². The third kappa shape index (κ3) is 3.34. The van der Waals surface area contributed by atoms with E-state index < -0.39 is 17.3 Å². The first kappa shape index (κ1) is 20.1. The molecule has 1 saturated carbocycles. The lowest BCUT2D eigenvalue weighted by atomic mass is 10.00. The second-order valence-electron chi connectivity index (χ2n) is 7.98. The fourth-order valence-corrected chi connectivity index (χ4v) is 4.26. The van der Waals surface area contributed by atoms with E-state index in [-0.39, 0.29) is 18.0 Å². The van der Waals surface area contributed by atoms with Crippen molar-refractivity contribution in [1.29, 1.82) is 0 Å². The van der Waals surface area contributed by atoms with Crippen LogP contribution < -0.4 is 43.5 Å². The van der Waals surface area contributed by atoms with Gasteiger partial charge in [0.05, 0.1) is 18.2 Å². The SMILES string of the molecule is COc1c(N2CC[C@@H]([C@@H](N)CNC(N)=O)C2)ccc2c(=O)n(N)c(=O)n(C3CC3)c12. The maximum Gasteiger partial charge on any atom is 0.350 e. The molecule has 2 amide bonds. The number of hydrogen-bond acceptors (Lipinski definition) is 7. The number of nitrogen functional groups attached to an aromatic ring is 1. The molecule has 0 unspecified atom stereocenters. The summed E-state index contributed by atoms with van der Waals surface area (Å²) in [7, 11) is 1.53. The van der Waals surface area contributed by atoms with Gasteiger partial charge in [0.25, 0.3) is 5.56 Å². The number of ether oxygens (including phenoxy) is 1. The van der Waals surface area contributed by atoms with Crippen LogP contribution in [-0.4, -0.2) is 48.1 Å². The van der Waals surface area contributed by atoms with Gasteiger partial charge in [-0.3, -0.25) is 9.36 Å². The lowest BCUT2D eigenvalue weighted by Crippen LogP contribution is -2.45. The third-order valence-corrected chi connectivity index (χ3v) is 6.01. The Morgan fingerprint density at radius 3 is 2.67 bits per heavy atom. The fourth-order valence-electron chi connectivity index (χ4n) is 4.26. The average molecular weight is 417 g/mol. The molecule has 0 bridgehead atoms. The molecule has 2 fully saturated rings. The van der Waals surface area contributed by atoms with Gasteiger partial charge in [0.1, 0.15) is 5.52 Å². The van der Waals surface area contributed by atoms with Crippen molar-refractivity contribution in [2.45, 2.75) is 31.3 Å². The number of nitrogens with zero attached hydrogens (tertiary/aromatic N) is 3.